The molecule has 0 aliphatic rings. The van der Waals surface area contributed by atoms with Crippen LogP contribution in [0.5, 0.6) is 0 Å². The average Bonchev–Trinajstić information content (AvgIpc) is 2.37. The maximum atomic E-state index is 13.9. The number of hydrogen-bond donors (Lipinski definition) is 1. The third kappa shape index (κ3) is 3.58. The standard InChI is InChI=1S/C15H14BrFN2O2/c1-9-3-6-15(19(20)21)14(7-9)18-10(2)12-5-4-11(16)8-13(12)17/h3-8,10,18H,1-2H3. The molecule has 0 aromatic heterocycles. The maximum absolute atomic E-state index is 13.9. The molecule has 21 heavy (non-hydrogen) atoms. The summed E-state index contributed by atoms with van der Waals surface area (Å²) in [7, 11) is 0. The molecule has 0 saturated heterocycles. The van der Waals surface area contributed by atoms with Gasteiger partial charge in [-0.1, -0.05) is 28.1 Å². The number of rotatable bonds is 4. The second-order valence-electron chi connectivity index (χ2n) is 4.81. The highest BCUT2D eigenvalue weighted by molar-refractivity contribution is 9.10. The highest BCUT2D eigenvalue weighted by Crippen LogP contribution is 2.30. The van der Waals surface area contributed by atoms with E-state index in [0.717, 1.165) is 5.56 Å². The Kier molecular flexibility index (Phi) is 4.57. The van der Waals surface area contributed by atoms with Crippen LogP contribution >= 0.6 is 15.9 Å². The van der Waals surface area contributed by atoms with Crippen molar-refractivity contribution >= 4 is 27.3 Å². The van der Waals surface area contributed by atoms with E-state index in [1.165, 1.54) is 12.1 Å². The van der Waals surface area contributed by atoms with Crippen molar-refractivity contribution in [2.75, 3.05) is 5.32 Å². The minimum absolute atomic E-state index is 0.0232. The lowest BCUT2D eigenvalue weighted by atomic mass is 10.1. The molecule has 0 radical (unpaired) electrons. The first-order valence-electron chi connectivity index (χ1n) is 6.35. The molecular formula is C15H14BrFN2O2. The molecule has 0 bridgehead atoms. The Bertz CT molecular complexity index is 691. The van der Waals surface area contributed by atoms with E-state index in [1.54, 1.807) is 31.2 Å². The lowest BCUT2D eigenvalue weighted by molar-refractivity contribution is -0.384. The summed E-state index contributed by atoms with van der Waals surface area (Å²) < 4.78 is 14.6. The molecule has 6 heteroatoms. The molecule has 2 rings (SSSR count). The zero-order chi connectivity index (χ0) is 15.6. The van der Waals surface area contributed by atoms with Crippen LogP contribution < -0.4 is 5.32 Å². The summed E-state index contributed by atoms with van der Waals surface area (Å²) in [6.07, 6.45) is 0. The monoisotopic (exact) mass is 352 g/mol. The fraction of sp³-hybridized carbons (Fsp3) is 0.200. The zero-order valence-corrected chi connectivity index (χ0v) is 13.1. The van der Waals surface area contributed by atoms with Crippen LogP contribution in [0.2, 0.25) is 0 Å². The van der Waals surface area contributed by atoms with E-state index in [1.807, 2.05) is 6.92 Å². The molecule has 0 fully saturated rings. The molecule has 0 saturated carbocycles. The lowest BCUT2D eigenvalue weighted by Gasteiger charge is -2.17. The molecule has 110 valence electrons. The third-order valence-electron chi connectivity index (χ3n) is 3.15. The second kappa shape index (κ2) is 6.22. The van der Waals surface area contributed by atoms with Crippen molar-refractivity contribution in [3.63, 3.8) is 0 Å². The molecule has 2 aromatic rings. The molecule has 0 amide bonds. The summed E-state index contributed by atoms with van der Waals surface area (Å²) in [5, 5.41) is 14.1. The Morgan fingerprint density at radius 3 is 2.62 bits per heavy atom. The molecule has 0 aliphatic heterocycles. The van der Waals surface area contributed by atoms with Gasteiger partial charge in [-0.05, 0) is 37.6 Å². The van der Waals surface area contributed by atoms with Crippen LogP contribution in [0.4, 0.5) is 15.8 Å². The van der Waals surface area contributed by atoms with Gasteiger partial charge in [0, 0.05) is 16.1 Å². The summed E-state index contributed by atoms with van der Waals surface area (Å²) in [5.74, 6) is -0.361. The van der Waals surface area contributed by atoms with Gasteiger partial charge < -0.3 is 5.32 Å². The number of benzene rings is 2. The molecule has 2 aromatic carbocycles. The van der Waals surface area contributed by atoms with Gasteiger partial charge in [-0.15, -0.1) is 0 Å². The number of nitrogens with zero attached hydrogens (tertiary/aromatic N) is 1. The topological polar surface area (TPSA) is 55.2 Å². The predicted molar refractivity (Wildman–Crippen MR) is 84.0 cm³/mol. The lowest BCUT2D eigenvalue weighted by Crippen LogP contribution is -2.10. The molecular weight excluding hydrogens is 339 g/mol. The Balaban J connectivity index is 2.33. The summed E-state index contributed by atoms with van der Waals surface area (Å²) in [6, 6.07) is 9.18. The van der Waals surface area contributed by atoms with Gasteiger partial charge in [0.2, 0.25) is 0 Å². The fourth-order valence-electron chi connectivity index (χ4n) is 2.09. The first-order valence-corrected chi connectivity index (χ1v) is 7.14. The molecule has 1 atom stereocenters. The van der Waals surface area contributed by atoms with Crippen LogP contribution in [0.25, 0.3) is 0 Å². The summed E-state index contributed by atoms with van der Waals surface area (Å²) in [4.78, 5) is 10.6. The highest BCUT2D eigenvalue weighted by Gasteiger charge is 2.17. The quantitative estimate of drug-likeness (QED) is 0.623. The summed E-state index contributed by atoms with van der Waals surface area (Å²) >= 11 is 3.20. The van der Waals surface area contributed by atoms with Gasteiger partial charge in [0.15, 0.2) is 0 Å². The average molecular weight is 353 g/mol. The Labute approximate surface area is 130 Å². The maximum Gasteiger partial charge on any atom is 0.292 e. The minimum Gasteiger partial charge on any atom is -0.373 e. The predicted octanol–water partition coefficient (Wildman–Crippen LogP) is 4.98. The Morgan fingerprint density at radius 1 is 1.29 bits per heavy atom. The van der Waals surface area contributed by atoms with Crippen LogP contribution in [0.15, 0.2) is 40.9 Å². The van der Waals surface area contributed by atoms with E-state index in [-0.39, 0.29) is 11.5 Å². The third-order valence-corrected chi connectivity index (χ3v) is 3.64. The molecule has 0 aliphatic carbocycles. The fourth-order valence-corrected chi connectivity index (χ4v) is 2.42. The number of nitrogens with one attached hydrogen (secondary N) is 1. The summed E-state index contributed by atoms with van der Waals surface area (Å²) in [6.45, 7) is 3.61. The number of anilines is 1. The molecule has 1 unspecified atom stereocenters. The van der Waals surface area contributed by atoms with Crippen molar-refractivity contribution in [2.24, 2.45) is 0 Å². The van der Waals surface area contributed by atoms with Gasteiger partial charge in [0.25, 0.3) is 5.69 Å². The Morgan fingerprint density at radius 2 is 2.00 bits per heavy atom. The van der Waals surface area contributed by atoms with E-state index in [9.17, 15) is 14.5 Å². The van der Waals surface area contributed by atoms with Gasteiger partial charge in [-0.3, -0.25) is 10.1 Å². The minimum atomic E-state index is -0.452. The number of aryl methyl sites for hydroxylation is 1. The van der Waals surface area contributed by atoms with E-state index >= 15 is 0 Å². The molecule has 0 heterocycles. The Hall–Kier alpha value is -1.95. The van der Waals surface area contributed by atoms with Gasteiger partial charge in [0.05, 0.1) is 11.0 Å². The smallest absolute Gasteiger partial charge is 0.292 e. The van der Waals surface area contributed by atoms with E-state index in [0.29, 0.717) is 15.7 Å². The van der Waals surface area contributed by atoms with Crippen LogP contribution in [-0.2, 0) is 0 Å². The molecule has 0 spiro atoms. The van der Waals surface area contributed by atoms with Crippen LogP contribution in [0, 0.1) is 22.9 Å². The number of nitro benzene ring substituents is 1. The van der Waals surface area contributed by atoms with Gasteiger partial charge >= 0.3 is 0 Å². The van der Waals surface area contributed by atoms with E-state index in [4.69, 9.17) is 0 Å². The number of nitro groups is 1. The van der Waals surface area contributed by atoms with Crippen molar-refractivity contribution in [2.45, 2.75) is 19.9 Å². The van der Waals surface area contributed by atoms with Crippen molar-refractivity contribution in [3.05, 3.63) is 67.9 Å². The van der Waals surface area contributed by atoms with Crippen molar-refractivity contribution in [1.29, 1.82) is 0 Å². The first kappa shape index (κ1) is 15.4. The first-order chi connectivity index (χ1) is 9.88. The van der Waals surface area contributed by atoms with Gasteiger partial charge in [-0.25, -0.2) is 4.39 Å². The van der Waals surface area contributed by atoms with Crippen molar-refractivity contribution in [3.8, 4) is 0 Å². The van der Waals surface area contributed by atoms with E-state index in [2.05, 4.69) is 21.2 Å². The van der Waals surface area contributed by atoms with Crippen LogP contribution in [0.3, 0.4) is 0 Å². The van der Waals surface area contributed by atoms with Gasteiger partial charge in [0.1, 0.15) is 11.5 Å². The van der Waals surface area contributed by atoms with Gasteiger partial charge in [-0.2, -0.15) is 0 Å². The van der Waals surface area contributed by atoms with E-state index < -0.39 is 11.0 Å². The normalized spacial score (nSPS) is 12.0. The number of hydrogen-bond acceptors (Lipinski definition) is 3. The largest absolute Gasteiger partial charge is 0.373 e. The highest BCUT2D eigenvalue weighted by atomic mass is 79.9. The second-order valence-corrected chi connectivity index (χ2v) is 5.73. The van der Waals surface area contributed by atoms with Crippen LogP contribution in [-0.4, -0.2) is 4.92 Å². The van der Waals surface area contributed by atoms with Crippen molar-refractivity contribution < 1.29 is 9.31 Å². The number of halogens is 2. The molecule has 4 nitrogen and oxygen atoms in total. The van der Waals surface area contributed by atoms with Crippen molar-refractivity contribution in [1.82, 2.24) is 0 Å². The molecule has 1 N–H and O–H groups in total. The summed E-state index contributed by atoms with van der Waals surface area (Å²) in [5.41, 5.74) is 1.71. The van der Waals surface area contributed by atoms with Crippen LogP contribution in [0.1, 0.15) is 24.1 Å². The zero-order valence-electron chi connectivity index (χ0n) is 11.6. The SMILES string of the molecule is Cc1ccc([N+](=O)[O-])c(NC(C)c2ccc(Br)cc2F)c1.